The molecule has 14 rings (SSSR count). The second kappa shape index (κ2) is 39.1. The molecule has 20 N–H and O–H groups in total. The van der Waals surface area contributed by atoms with Crippen LogP contribution in [0.2, 0.25) is 0 Å². The molecular weight excluding hydrogens is 1700 g/mol. The lowest BCUT2D eigenvalue weighted by Crippen LogP contribution is -2.69. The van der Waals surface area contributed by atoms with Crippen molar-refractivity contribution in [2.45, 2.75) is 341 Å². The Morgan fingerprint density at radius 3 is 1.74 bits per heavy atom. The van der Waals surface area contributed by atoms with Gasteiger partial charge < -0.3 is 188 Å². The first-order chi connectivity index (χ1) is 60.3. The van der Waals surface area contributed by atoms with Gasteiger partial charge in [-0.2, -0.15) is 0 Å². The molecule has 8 saturated heterocycles. The highest BCUT2D eigenvalue weighted by Crippen LogP contribution is 2.76. The first-order valence-electron chi connectivity index (χ1n) is 44.0. The number of carbonyl (C=O) groups is 4. The van der Waals surface area contributed by atoms with Crippen LogP contribution in [-0.4, -0.2) is 401 Å². The number of rotatable bonds is 25. The fourth-order valence-corrected chi connectivity index (χ4v) is 22.7. The fourth-order valence-electron chi connectivity index (χ4n) is 22.7. The highest BCUT2D eigenvalue weighted by atomic mass is 16.8. The Balaban J connectivity index is 0.737. The Morgan fingerprint density at radius 1 is 0.508 bits per heavy atom. The zero-order valence-electron chi connectivity index (χ0n) is 72.8. The summed E-state index contributed by atoms with van der Waals surface area (Å²) < 4.78 is 109. The Labute approximate surface area is 738 Å². The van der Waals surface area contributed by atoms with Gasteiger partial charge in [0.1, 0.15) is 158 Å². The van der Waals surface area contributed by atoms with Crippen molar-refractivity contribution in [2.75, 3.05) is 59.5 Å². The number of nitrogens with one attached hydrogen (secondary N) is 1. The highest BCUT2D eigenvalue weighted by molar-refractivity contribution is 5.87. The minimum atomic E-state index is -2.22. The number of aliphatic hydroxyl groups is 19. The summed E-state index contributed by atoms with van der Waals surface area (Å²) >= 11 is 0. The predicted octanol–water partition coefficient (Wildman–Crippen LogP) is -5.59. The van der Waals surface area contributed by atoms with Crippen LogP contribution in [0.25, 0.3) is 6.08 Å². The molecule has 0 bridgehead atoms. The van der Waals surface area contributed by atoms with Gasteiger partial charge in [-0.1, -0.05) is 90.4 Å². The molecule has 8 heterocycles. The van der Waals surface area contributed by atoms with Crippen molar-refractivity contribution in [1.29, 1.82) is 0 Å². The van der Waals surface area contributed by atoms with Gasteiger partial charge >= 0.3 is 17.9 Å². The van der Waals surface area contributed by atoms with E-state index in [9.17, 15) is 111 Å². The van der Waals surface area contributed by atoms with Crippen molar-refractivity contribution in [3.8, 4) is 0 Å². The van der Waals surface area contributed by atoms with E-state index in [1.807, 2.05) is 0 Å². The van der Waals surface area contributed by atoms with Gasteiger partial charge in [0, 0.05) is 19.9 Å². The number of fused-ring (bicyclic) bond motifs is 7. The predicted molar refractivity (Wildman–Crippen MR) is 425 cm³/mol. The van der Waals surface area contributed by atoms with Crippen LogP contribution in [0.15, 0.2) is 48.1 Å². The van der Waals surface area contributed by atoms with Gasteiger partial charge in [0.25, 0.3) is 0 Å². The lowest BCUT2D eigenvalue weighted by molar-refractivity contribution is -0.377. The monoisotopic (exact) mass is 1830 g/mol. The summed E-state index contributed by atoms with van der Waals surface area (Å²) in [7, 11) is 0. The number of allylic oxidation sites excluding steroid dienone is 2. The number of amides is 1. The molecule has 1 amide bonds. The molecule has 43 unspecified atom stereocenters. The molecular formula is C86H129NO41. The largest absolute Gasteiger partial charge is 0.463 e. The molecule has 4 saturated carbocycles. The van der Waals surface area contributed by atoms with E-state index in [1.54, 1.807) is 30.3 Å². The number of esters is 3. The van der Waals surface area contributed by atoms with E-state index in [0.29, 0.717) is 50.5 Å². The molecule has 8 aliphatic heterocycles. The zero-order valence-corrected chi connectivity index (χ0v) is 72.8. The molecule has 42 heteroatoms. The van der Waals surface area contributed by atoms with Gasteiger partial charge in [0.05, 0.1) is 65.1 Å². The summed E-state index contributed by atoms with van der Waals surface area (Å²) in [5.74, 6) is -4.60. The fraction of sp³-hybridized carbons (Fsp3) is 0.837. The minimum Gasteiger partial charge on any atom is -0.463 e. The number of benzene rings is 1. The third kappa shape index (κ3) is 18.9. The van der Waals surface area contributed by atoms with Gasteiger partial charge in [-0.15, -0.1) is 0 Å². The van der Waals surface area contributed by atoms with Crippen LogP contribution in [-0.2, 0) is 104 Å². The molecule has 13 aliphatic rings. The SMILES string of the molecule is CC(=O)NC1C(OC2CCC3(C)C(CCC4(C)C3CC=C3C5CC(C)(C)CCC5(C(=O)OC5OC(COC(C)=O)C(OC6OCC(O)C(O)C6OC(=O)C=Cc6ccccc6)C(O)C5OC5OCC(O)C(OC6OCC(O)(CO)C6O)C5O)C(O)CC34C)C2(C)C)OC(COC2OCC(O)C(OC3OCC(O)C(O)C3O)C2O)C(OC2OC(CO)C(O)C(O)C2O)C1O. The van der Waals surface area contributed by atoms with Crippen LogP contribution in [0, 0.1) is 50.2 Å². The van der Waals surface area contributed by atoms with Gasteiger partial charge in [-0.25, -0.2) is 4.79 Å². The molecule has 724 valence electrons. The van der Waals surface area contributed by atoms with Crippen LogP contribution in [0.4, 0.5) is 0 Å². The average Bonchev–Trinajstić information content (AvgIpc) is 0.729. The quantitative estimate of drug-likeness (QED) is 0.0143. The maximum atomic E-state index is 16.4. The summed E-state index contributed by atoms with van der Waals surface area (Å²) in [6.45, 7) is 10.9. The van der Waals surface area contributed by atoms with E-state index in [2.05, 4.69) is 59.9 Å². The maximum absolute atomic E-state index is 16.4. The van der Waals surface area contributed by atoms with Crippen LogP contribution < -0.4 is 5.32 Å². The average molecular weight is 1830 g/mol. The van der Waals surface area contributed by atoms with Gasteiger partial charge in [-0.3, -0.25) is 14.4 Å². The zero-order chi connectivity index (χ0) is 92.7. The lowest BCUT2D eigenvalue weighted by atomic mass is 9.33. The van der Waals surface area contributed by atoms with E-state index in [1.165, 1.54) is 13.0 Å². The van der Waals surface area contributed by atoms with E-state index in [-0.39, 0.29) is 24.7 Å². The maximum Gasteiger partial charge on any atom is 0.331 e. The van der Waals surface area contributed by atoms with E-state index in [4.69, 9.17) is 85.3 Å². The molecule has 0 spiro atoms. The molecule has 5 aliphatic carbocycles. The molecule has 0 radical (unpaired) electrons. The summed E-state index contributed by atoms with van der Waals surface area (Å²) in [5, 5.41) is 217. The van der Waals surface area contributed by atoms with E-state index in [0.717, 1.165) is 18.6 Å². The standard InChI is InChI=1S/C86H129NO41/c1-36(90)87-53-57(101)66(125-75-60(104)58(102)56(100)45(27-88)118-75)47(33-116-72-62(106)64(43(94)30-112-72)123-73-59(103)54(98)41(92)28-113-73)119-71(53)121-51-20-21-82(7)48(81(51,5)6)19-22-83(8)49(82)17-16-39-40-25-80(3,4)23-24-86(40,50(96)26-84(39,83)9)79(109)128-77-69(127-74-63(107)65(44(95)31-114-74)124-78-70(108)85(110,34-89)35-117-78)61(105)67(46(120-77)32-111-37(2)91)126-76-68(55(99)42(93)29-115-76)122-52(97)18-15-38-13-11-10-12-14-38/h10-16,18,40-51,53-78,88-89,92-96,98-108,110H,17,19-35H2,1-9H3,(H,87,90). The van der Waals surface area contributed by atoms with E-state index < -0.39 is 342 Å². The molecule has 12 fully saturated rings. The van der Waals surface area contributed by atoms with Crippen molar-refractivity contribution in [3.05, 3.63) is 53.6 Å². The van der Waals surface area contributed by atoms with Crippen molar-refractivity contribution < 1.29 is 201 Å². The number of ether oxygens (including phenoxy) is 18. The van der Waals surface area contributed by atoms with Crippen LogP contribution in [0.3, 0.4) is 0 Å². The number of aliphatic hydroxyl groups excluding tert-OH is 18. The van der Waals surface area contributed by atoms with Gasteiger partial charge in [0.2, 0.25) is 12.2 Å². The number of hydrogen-bond donors (Lipinski definition) is 20. The summed E-state index contributed by atoms with van der Waals surface area (Å²) in [6, 6.07) is 7.12. The summed E-state index contributed by atoms with van der Waals surface area (Å²) in [5.41, 5.74) is -5.77. The summed E-state index contributed by atoms with van der Waals surface area (Å²) in [4.78, 5) is 56.2. The van der Waals surface area contributed by atoms with Crippen molar-refractivity contribution >= 4 is 29.9 Å². The number of hydrogen-bond acceptors (Lipinski definition) is 41. The Hall–Kier alpha value is -4.78. The summed E-state index contributed by atoms with van der Waals surface area (Å²) in [6.07, 6.45) is -52.2. The van der Waals surface area contributed by atoms with Crippen LogP contribution >= 0.6 is 0 Å². The van der Waals surface area contributed by atoms with Crippen LogP contribution in [0.1, 0.15) is 126 Å². The van der Waals surface area contributed by atoms with E-state index >= 15 is 4.79 Å². The molecule has 128 heavy (non-hydrogen) atoms. The van der Waals surface area contributed by atoms with Gasteiger partial charge in [0.15, 0.2) is 56.2 Å². The molecule has 1 aromatic rings. The molecule has 42 nitrogen and oxygen atoms in total. The van der Waals surface area contributed by atoms with Gasteiger partial charge in [-0.05, 0) is 114 Å². The Bertz CT molecular complexity index is 4020. The second-order valence-corrected chi connectivity index (χ2v) is 39.1. The topological polar surface area (TPSA) is 631 Å². The molecule has 43 atom stereocenters. The van der Waals surface area contributed by atoms with Crippen LogP contribution in [0.5, 0.6) is 0 Å². The van der Waals surface area contributed by atoms with Crippen molar-refractivity contribution in [1.82, 2.24) is 5.32 Å². The minimum absolute atomic E-state index is 0.0137. The van der Waals surface area contributed by atoms with Crippen molar-refractivity contribution in [3.63, 3.8) is 0 Å². The molecule has 0 aromatic heterocycles. The first-order valence-corrected chi connectivity index (χ1v) is 44.0. The lowest BCUT2D eigenvalue weighted by Gasteiger charge is -2.72. The Morgan fingerprint density at radius 2 is 1.09 bits per heavy atom. The highest BCUT2D eigenvalue weighted by Gasteiger charge is 2.73. The number of carbonyl (C=O) groups excluding carboxylic acids is 4. The first kappa shape index (κ1) is 99.2. The molecule has 1 aromatic carbocycles. The Kier molecular flexibility index (Phi) is 30.3. The smallest absolute Gasteiger partial charge is 0.331 e. The van der Waals surface area contributed by atoms with Crippen molar-refractivity contribution in [2.24, 2.45) is 50.2 Å². The third-order valence-electron chi connectivity index (χ3n) is 30.1. The second-order valence-electron chi connectivity index (χ2n) is 39.1. The third-order valence-corrected chi connectivity index (χ3v) is 30.1. The normalized spacial score (nSPS) is 48.9.